The Bertz CT molecular complexity index is 972. The fourth-order valence-electron chi connectivity index (χ4n) is 3.98. The number of amides is 1. The highest BCUT2D eigenvalue weighted by Gasteiger charge is 2.49. The summed E-state index contributed by atoms with van der Waals surface area (Å²) in [7, 11) is 0. The van der Waals surface area contributed by atoms with Gasteiger partial charge in [-0.25, -0.2) is 14.4 Å². The largest absolute Gasteiger partial charge is 0.454 e. The van der Waals surface area contributed by atoms with Gasteiger partial charge in [0.05, 0.1) is 17.2 Å². The van der Waals surface area contributed by atoms with Gasteiger partial charge in [-0.1, -0.05) is 36.4 Å². The molecule has 1 aliphatic carbocycles. The van der Waals surface area contributed by atoms with Crippen molar-refractivity contribution in [2.45, 2.75) is 57.5 Å². The van der Waals surface area contributed by atoms with E-state index in [1.165, 1.54) is 0 Å². The van der Waals surface area contributed by atoms with Crippen molar-refractivity contribution in [3.05, 3.63) is 71.8 Å². The third-order valence-electron chi connectivity index (χ3n) is 5.45. The normalized spacial score (nSPS) is 22.0. The van der Waals surface area contributed by atoms with Gasteiger partial charge >= 0.3 is 18.0 Å². The molecule has 182 valence electrons. The number of hydrogen-bond acceptors (Lipinski definition) is 7. The lowest BCUT2D eigenvalue weighted by Gasteiger charge is -2.28. The molecule has 8 nitrogen and oxygen atoms in total. The molecule has 34 heavy (non-hydrogen) atoms. The molecule has 0 spiro atoms. The van der Waals surface area contributed by atoms with Crippen molar-refractivity contribution in [2.24, 2.45) is 5.92 Å². The molecule has 0 aromatic heterocycles. The van der Waals surface area contributed by atoms with Crippen LogP contribution in [0.3, 0.4) is 0 Å². The minimum Gasteiger partial charge on any atom is -0.454 e. The molecule has 0 aliphatic heterocycles. The minimum atomic E-state index is -0.968. The van der Waals surface area contributed by atoms with E-state index in [4.69, 9.17) is 14.2 Å². The van der Waals surface area contributed by atoms with Crippen LogP contribution in [0, 0.1) is 5.92 Å². The number of rotatable bonds is 7. The van der Waals surface area contributed by atoms with Crippen LogP contribution < -0.4 is 5.32 Å². The van der Waals surface area contributed by atoms with E-state index in [1.807, 2.05) is 0 Å². The number of benzene rings is 2. The van der Waals surface area contributed by atoms with Crippen molar-refractivity contribution in [1.29, 1.82) is 0 Å². The molecule has 0 bridgehead atoms. The lowest BCUT2D eigenvalue weighted by molar-refractivity contribution is -0.0426. The Morgan fingerprint density at radius 1 is 0.882 bits per heavy atom. The number of nitrogens with one attached hydrogen (secondary N) is 1. The summed E-state index contributed by atoms with van der Waals surface area (Å²) in [5.74, 6) is -1.52. The van der Waals surface area contributed by atoms with Crippen LogP contribution in [0.5, 0.6) is 0 Å². The Morgan fingerprint density at radius 2 is 1.38 bits per heavy atom. The van der Waals surface area contributed by atoms with Gasteiger partial charge in [0.2, 0.25) is 0 Å². The molecule has 1 amide bonds. The molecule has 1 aliphatic rings. The van der Waals surface area contributed by atoms with Gasteiger partial charge in [0, 0.05) is 12.5 Å². The van der Waals surface area contributed by atoms with Crippen molar-refractivity contribution < 1.29 is 33.7 Å². The van der Waals surface area contributed by atoms with Gasteiger partial charge in [0.25, 0.3) is 0 Å². The molecule has 0 unspecified atom stereocenters. The van der Waals surface area contributed by atoms with Gasteiger partial charge in [0.15, 0.2) is 6.10 Å². The van der Waals surface area contributed by atoms with Crippen molar-refractivity contribution in [2.75, 3.05) is 6.61 Å². The van der Waals surface area contributed by atoms with Crippen molar-refractivity contribution in [3.8, 4) is 0 Å². The molecule has 0 radical (unpaired) electrons. The molecule has 4 atom stereocenters. The minimum absolute atomic E-state index is 0.150. The summed E-state index contributed by atoms with van der Waals surface area (Å²) >= 11 is 0. The van der Waals surface area contributed by atoms with Crippen LogP contribution in [-0.4, -0.2) is 53.6 Å². The average Bonchev–Trinajstić information content (AvgIpc) is 3.09. The third kappa shape index (κ3) is 6.81. The van der Waals surface area contributed by atoms with Crippen LogP contribution >= 0.6 is 0 Å². The lowest BCUT2D eigenvalue weighted by Crippen LogP contribution is -2.48. The number of carbonyl (C=O) groups is 3. The fourth-order valence-corrected chi connectivity index (χ4v) is 3.98. The predicted molar refractivity (Wildman–Crippen MR) is 124 cm³/mol. The molecular formula is C26H31NO7. The number of aliphatic hydroxyl groups is 1. The molecule has 1 fully saturated rings. The molecule has 2 N–H and O–H groups in total. The van der Waals surface area contributed by atoms with E-state index in [9.17, 15) is 19.5 Å². The monoisotopic (exact) mass is 469 g/mol. The van der Waals surface area contributed by atoms with Gasteiger partial charge in [-0.05, 0) is 57.9 Å². The first kappa shape index (κ1) is 25.2. The van der Waals surface area contributed by atoms with E-state index < -0.39 is 41.9 Å². The second-order valence-electron chi connectivity index (χ2n) is 9.23. The Balaban J connectivity index is 1.86. The quantitative estimate of drug-likeness (QED) is 0.469. The van der Waals surface area contributed by atoms with Gasteiger partial charge < -0.3 is 24.6 Å². The van der Waals surface area contributed by atoms with Crippen molar-refractivity contribution in [1.82, 2.24) is 5.32 Å². The van der Waals surface area contributed by atoms with E-state index in [-0.39, 0.29) is 12.5 Å². The van der Waals surface area contributed by atoms with Gasteiger partial charge in [-0.15, -0.1) is 0 Å². The summed E-state index contributed by atoms with van der Waals surface area (Å²) in [5, 5.41) is 12.4. The van der Waals surface area contributed by atoms with Crippen LogP contribution in [0.2, 0.25) is 0 Å². The Morgan fingerprint density at radius 3 is 1.85 bits per heavy atom. The second-order valence-corrected chi connectivity index (χ2v) is 9.23. The summed E-state index contributed by atoms with van der Waals surface area (Å²) in [6.45, 7) is 5.08. The van der Waals surface area contributed by atoms with Gasteiger partial charge in [0.1, 0.15) is 11.7 Å². The molecule has 2 aromatic carbocycles. The number of carbonyl (C=O) groups excluding carboxylic acids is 3. The molecular weight excluding hydrogens is 438 g/mol. The molecule has 0 heterocycles. The maximum Gasteiger partial charge on any atom is 0.408 e. The first-order valence-corrected chi connectivity index (χ1v) is 11.3. The standard InChI is InChI=1S/C26H31NO7/c1-26(2,3)34-25(31)27-20-16-19(14-15-28)21(32-23(29)17-10-6-4-7-11-17)22(20)33-24(30)18-12-8-5-9-13-18/h4-13,19-22,28H,14-16H2,1-3H3,(H,27,31)/t19-,20+,21+,22-/m0/s1. The van der Waals surface area contributed by atoms with E-state index in [2.05, 4.69) is 5.32 Å². The zero-order chi connectivity index (χ0) is 24.7. The highest BCUT2D eigenvalue weighted by molar-refractivity contribution is 5.90. The van der Waals surface area contributed by atoms with Crippen LogP contribution in [0.4, 0.5) is 4.79 Å². The summed E-state index contributed by atoms with van der Waals surface area (Å²) < 4.78 is 17.0. The lowest BCUT2D eigenvalue weighted by atomic mass is 10.0. The Labute approximate surface area is 199 Å². The number of aliphatic hydroxyl groups excluding tert-OH is 1. The number of hydrogen-bond donors (Lipinski definition) is 2. The molecule has 3 rings (SSSR count). The average molecular weight is 470 g/mol. The zero-order valence-electron chi connectivity index (χ0n) is 19.6. The SMILES string of the molecule is CC(C)(C)OC(=O)N[C@@H]1C[C@H](CCO)[C@@H](OC(=O)c2ccccc2)[C@H]1OC(=O)c1ccccc1. The molecule has 0 saturated heterocycles. The number of alkyl carbamates (subject to hydrolysis) is 1. The molecule has 8 heteroatoms. The van der Waals surface area contributed by atoms with E-state index in [0.717, 1.165) is 0 Å². The topological polar surface area (TPSA) is 111 Å². The fraction of sp³-hybridized carbons (Fsp3) is 0.423. The summed E-state index contributed by atoms with van der Waals surface area (Å²) in [5.41, 5.74) is -0.0399. The summed E-state index contributed by atoms with van der Waals surface area (Å²) in [4.78, 5) is 38.2. The van der Waals surface area contributed by atoms with Crippen LogP contribution in [0.1, 0.15) is 54.3 Å². The number of esters is 2. The van der Waals surface area contributed by atoms with Crippen LogP contribution in [-0.2, 0) is 14.2 Å². The maximum absolute atomic E-state index is 12.9. The number of ether oxygens (including phenoxy) is 3. The van der Waals surface area contributed by atoms with Crippen LogP contribution in [0.15, 0.2) is 60.7 Å². The summed E-state index contributed by atoms with van der Waals surface area (Å²) in [6.07, 6.45) is -1.87. The van der Waals surface area contributed by atoms with E-state index in [1.54, 1.807) is 81.4 Å². The highest BCUT2D eigenvalue weighted by Crippen LogP contribution is 2.35. The highest BCUT2D eigenvalue weighted by atomic mass is 16.6. The Hall–Kier alpha value is -3.39. The zero-order valence-corrected chi connectivity index (χ0v) is 19.6. The Kier molecular flexibility index (Phi) is 8.28. The van der Waals surface area contributed by atoms with E-state index >= 15 is 0 Å². The third-order valence-corrected chi connectivity index (χ3v) is 5.45. The van der Waals surface area contributed by atoms with Crippen LogP contribution in [0.25, 0.3) is 0 Å². The van der Waals surface area contributed by atoms with Crippen molar-refractivity contribution in [3.63, 3.8) is 0 Å². The molecule has 2 aromatic rings. The molecule has 1 saturated carbocycles. The smallest absolute Gasteiger partial charge is 0.408 e. The second kappa shape index (κ2) is 11.2. The van der Waals surface area contributed by atoms with E-state index in [0.29, 0.717) is 24.0 Å². The van der Waals surface area contributed by atoms with Gasteiger partial charge in [-0.3, -0.25) is 0 Å². The van der Waals surface area contributed by atoms with Crippen molar-refractivity contribution >= 4 is 18.0 Å². The first-order valence-electron chi connectivity index (χ1n) is 11.3. The first-order chi connectivity index (χ1) is 16.2. The maximum atomic E-state index is 12.9. The van der Waals surface area contributed by atoms with Gasteiger partial charge in [-0.2, -0.15) is 0 Å². The predicted octanol–water partition coefficient (Wildman–Crippen LogP) is 3.73. The summed E-state index contributed by atoms with van der Waals surface area (Å²) in [6, 6.07) is 16.2.